The summed E-state index contributed by atoms with van der Waals surface area (Å²) in [7, 11) is 0. The van der Waals surface area contributed by atoms with Crippen molar-refractivity contribution in [1.82, 2.24) is 9.97 Å². The molecule has 3 rings (SSSR count). The number of nitrogens with two attached hydrogens (primary N) is 1. The number of benzene rings is 2. The third-order valence-corrected chi connectivity index (χ3v) is 2.45. The molecule has 0 bridgehead atoms. The Morgan fingerprint density at radius 3 is 2.12 bits per heavy atom. The summed E-state index contributed by atoms with van der Waals surface area (Å²) in [6, 6.07) is 13.1. The van der Waals surface area contributed by atoms with Gasteiger partial charge in [0.25, 0.3) is 0 Å². The number of para-hydroxylation sites is 2. The van der Waals surface area contributed by atoms with E-state index in [-0.39, 0.29) is 0 Å². The van der Waals surface area contributed by atoms with Crippen molar-refractivity contribution in [2.75, 3.05) is 0 Å². The van der Waals surface area contributed by atoms with E-state index in [4.69, 9.17) is 5.90 Å². The van der Waals surface area contributed by atoms with Crippen molar-refractivity contribution in [1.29, 1.82) is 0 Å². The molecular weight excluding hydrogens is 202 g/mol. The lowest BCUT2D eigenvalue weighted by molar-refractivity contribution is 0.335. The van der Waals surface area contributed by atoms with Crippen molar-refractivity contribution >= 4 is 22.1 Å². The first-order chi connectivity index (χ1) is 7.86. The summed E-state index contributed by atoms with van der Waals surface area (Å²) in [5.41, 5.74) is 3.36. The summed E-state index contributed by atoms with van der Waals surface area (Å²) in [4.78, 5) is 13.6. The average Bonchev–Trinajstić information content (AvgIpc) is 2.35. The Morgan fingerprint density at radius 2 is 1.44 bits per heavy atom. The van der Waals surface area contributed by atoms with Gasteiger partial charge in [-0.25, -0.2) is 9.97 Å². The number of fused-ring (bicyclic) bond motifs is 2. The first kappa shape index (κ1) is 9.06. The van der Waals surface area contributed by atoms with E-state index in [0.29, 0.717) is 5.75 Å². The number of aromatic nitrogens is 2. The molecule has 3 aromatic rings. The van der Waals surface area contributed by atoms with Crippen molar-refractivity contribution in [2.24, 2.45) is 5.90 Å². The Balaban J connectivity index is 2.37. The minimum atomic E-state index is 0.581. The van der Waals surface area contributed by atoms with Gasteiger partial charge in [0.1, 0.15) is 5.75 Å². The molecule has 0 saturated heterocycles. The predicted molar refractivity (Wildman–Crippen MR) is 61.9 cm³/mol. The van der Waals surface area contributed by atoms with E-state index >= 15 is 0 Å². The maximum atomic E-state index is 5.11. The second kappa shape index (κ2) is 3.43. The zero-order valence-electron chi connectivity index (χ0n) is 8.42. The minimum Gasteiger partial charge on any atom is -0.411 e. The topological polar surface area (TPSA) is 61.0 Å². The first-order valence-electron chi connectivity index (χ1n) is 4.90. The number of nitrogens with zero attached hydrogens (tertiary/aromatic N) is 2. The van der Waals surface area contributed by atoms with Crippen molar-refractivity contribution < 1.29 is 4.84 Å². The second-order valence-electron chi connectivity index (χ2n) is 3.48. The maximum absolute atomic E-state index is 5.11. The van der Waals surface area contributed by atoms with Gasteiger partial charge in [0.05, 0.1) is 22.1 Å². The molecule has 2 N–H and O–H groups in total. The van der Waals surface area contributed by atoms with Crippen LogP contribution in [0.4, 0.5) is 0 Å². The Kier molecular flexibility index (Phi) is 1.94. The molecule has 0 spiro atoms. The smallest absolute Gasteiger partial charge is 0.149 e. The molecule has 0 aliphatic carbocycles. The largest absolute Gasteiger partial charge is 0.411 e. The van der Waals surface area contributed by atoms with E-state index in [1.54, 1.807) is 12.1 Å². The summed E-state index contributed by atoms with van der Waals surface area (Å²) in [5.74, 6) is 5.69. The van der Waals surface area contributed by atoms with Gasteiger partial charge in [0.15, 0.2) is 0 Å². The Morgan fingerprint density at radius 1 is 0.812 bits per heavy atom. The SMILES string of the molecule is NOc1ccc2nc3ccccc3nc2c1. The first-order valence-corrected chi connectivity index (χ1v) is 4.90. The Bertz CT molecular complexity index is 667. The van der Waals surface area contributed by atoms with Crippen LogP contribution in [-0.2, 0) is 0 Å². The molecule has 0 aliphatic heterocycles. The van der Waals surface area contributed by atoms with Crippen LogP contribution < -0.4 is 10.7 Å². The fourth-order valence-electron chi connectivity index (χ4n) is 1.67. The molecule has 2 aromatic carbocycles. The van der Waals surface area contributed by atoms with Gasteiger partial charge in [-0.1, -0.05) is 12.1 Å². The summed E-state index contributed by atoms with van der Waals surface area (Å²) in [6.45, 7) is 0. The van der Waals surface area contributed by atoms with Crippen molar-refractivity contribution in [2.45, 2.75) is 0 Å². The molecule has 0 atom stereocenters. The van der Waals surface area contributed by atoms with E-state index in [1.165, 1.54) is 0 Å². The standard InChI is InChI=1S/C12H9N3O/c13-16-8-5-6-11-12(7-8)15-10-4-2-1-3-9(10)14-11/h1-7H,13H2. The Hall–Kier alpha value is -2.20. The van der Waals surface area contributed by atoms with E-state index < -0.39 is 0 Å². The predicted octanol–water partition coefficient (Wildman–Crippen LogP) is 2.04. The molecule has 78 valence electrons. The molecule has 4 nitrogen and oxygen atoms in total. The number of rotatable bonds is 1. The van der Waals surface area contributed by atoms with Crippen LogP contribution in [0.5, 0.6) is 5.75 Å². The summed E-state index contributed by atoms with van der Waals surface area (Å²) >= 11 is 0. The molecule has 0 radical (unpaired) electrons. The lowest BCUT2D eigenvalue weighted by Gasteiger charge is -2.02. The fourth-order valence-corrected chi connectivity index (χ4v) is 1.67. The molecule has 0 saturated carbocycles. The zero-order chi connectivity index (χ0) is 11.0. The molecule has 0 fully saturated rings. The van der Waals surface area contributed by atoms with Crippen LogP contribution in [0, 0.1) is 0 Å². The fraction of sp³-hybridized carbons (Fsp3) is 0. The van der Waals surface area contributed by atoms with Crippen molar-refractivity contribution in [3.8, 4) is 5.75 Å². The molecule has 0 aliphatic rings. The highest BCUT2D eigenvalue weighted by atomic mass is 16.6. The normalized spacial score (nSPS) is 10.8. The van der Waals surface area contributed by atoms with E-state index in [2.05, 4.69) is 14.8 Å². The second-order valence-corrected chi connectivity index (χ2v) is 3.48. The van der Waals surface area contributed by atoms with E-state index in [0.717, 1.165) is 22.1 Å². The molecule has 0 unspecified atom stereocenters. The monoisotopic (exact) mass is 211 g/mol. The van der Waals surface area contributed by atoms with Gasteiger partial charge in [-0.2, -0.15) is 5.90 Å². The summed E-state index contributed by atoms with van der Waals surface area (Å²) in [5, 5.41) is 0. The van der Waals surface area contributed by atoms with Crippen LogP contribution in [-0.4, -0.2) is 9.97 Å². The van der Waals surface area contributed by atoms with Crippen molar-refractivity contribution in [3.05, 3.63) is 42.5 Å². The van der Waals surface area contributed by atoms with Crippen LogP contribution >= 0.6 is 0 Å². The quantitative estimate of drug-likeness (QED) is 0.494. The van der Waals surface area contributed by atoms with E-state index in [1.807, 2.05) is 30.3 Å². The minimum absolute atomic E-state index is 0.581. The van der Waals surface area contributed by atoms with Gasteiger partial charge in [-0.05, 0) is 24.3 Å². The highest BCUT2D eigenvalue weighted by molar-refractivity contribution is 5.86. The van der Waals surface area contributed by atoms with Gasteiger partial charge in [-0.15, -0.1) is 0 Å². The summed E-state index contributed by atoms with van der Waals surface area (Å²) in [6.07, 6.45) is 0. The third-order valence-electron chi connectivity index (χ3n) is 2.45. The molecule has 16 heavy (non-hydrogen) atoms. The van der Waals surface area contributed by atoms with Gasteiger partial charge in [-0.3, -0.25) is 0 Å². The molecule has 0 amide bonds. The molecule has 1 aromatic heterocycles. The van der Waals surface area contributed by atoms with Gasteiger partial charge >= 0.3 is 0 Å². The zero-order valence-corrected chi connectivity index (χ0v) is 8.42. The third kappa shape index (κ3) is 1.36. The van der Waals surface area contributed by atoms with Crippen LogP contribution in [0.25, 0.3) is 22.1 Å². The highest BCUT2D eigenvalue weighted by Crippen LogP contribution is 2.19. The van der Waals surface area contributed by atoms with Crippen LogP contribution in [0.1, 0.15) is 0 Å². The van der Waals surface area contributed by atoms with Gasteiger partial charge < -0.3 is 4.84 Å². The average molecular weight is 211 g/mol. The van der Waals surface area contributed by atoms with Crippen molar-refractivity contribution in [3.63, 3.8) is 0 Å². The Labute approximate surface area is 91.6 Å². The lowest BCUT2D eigenvalue weighted by atomic mass is 10.2. The maximum Gasteiger partial charge on any atom is 0.149 e. The number of hydrogen-bond donors (Lipinski definition) is 1. The van der Waals surface area contributed by atoms with Gasteiger partial charge in [0.2, 0.25) is 0 Å². The van der Waals surface area contributed by atoms with Crippen LogP contribution in [0.2, 0.25) is 0 Å². The lowest BCUT2D eigenvalue weighted by Crippen LogP contribution is -2.01. The van der Waals surface area contributed by atoms with Crippen LogP contribution in [0.15, 0.2) is 42.5 Å². The van der Waals surface area contributed by atoms with E-state index in [9.17, 15) is 0 Å². The molecular formula is C12H9N3O. The molecule has 1 heterocycles. The number of hydrogen-bond acceptors (Lipinski definition) is 4. The summed E-state index contributed by atoms with van der Waals surface area (Å²) < 4.78 is 0. The van der Waals surface area contributed by atoms with Crippen LogP contribution in [0.3, 0.4) is 0 Å². The highest BCUT2D eigenvalue weighted by Gasteiger charge is 2.02. The molecule has 4 heteroatoms. The van der Waals surface area contributed by atoms with Gasteiger partial charge in [0, 0.05) is 6.07 Å².